The second-order valence-electron chi connectivity index (χ2n) is 6.01. The first-order valence-corrected chi connectivity index (χ1v) is 8.06. The summed E-state index contributed by atoms with van der Waals surface area (Å²) in [4.78, 5) is 10.7. The van der Waals surface area contributed by atoms with Crippen molar-refractivity contribution in [2.45, 2.75) is 25.1 Å². The molecule has 0 amide bonds. The van der Waals surface area contributed by atoms with Crippen molar-refractivity contribution in [3.05, 3.63) is 54.3 Å². The lowest BCUT2D eigenvalue weighted by Crippen LogP contribution is -2.25. The summed E-state index contributed by atoms with van der Waals surface area (Å²) in [6.45, 7) is 1.22. The summed E-state index contributed by atoms with van der Waals surface area (Å²) >= 11 is 0. The number of ether oxygens (including phenoxy) is 1. The number of aromatic amines is 1. The quantitative estimate of drug-likeness (QED) is 0.767. The standard InChI is InChI=1S/C17H18FN5O2/c1-24-11-6-14(17-20-10-21-22-17)23(8-11)9-16-19-7-15(25-16)12-4-2-3-5-13(12)18/h2-5,7,10-11,14H,6,8-9H2,1H3,(H,20,21,22)/t11-,14+/m1/s1. The Labute approximate surface area is 143 Å². The smallest absolute Gasteiger partial charge is 0.209 e. The van der Waals surface area contributed by atoms with Crippen LogP contribution in [0, 0.1) is 5.82 Å². The summed E-state index contributed by atoms with van der Waals surface area (Å²) in [5, 5.41) is 6.85. The largest absolute Gasteiger partial charge is 0.439 e. The monoisotopic (exact) mass is 343 g/mol. The van der Waals surface area contributed by atoms with Crippen LogP contribution in [-0.2, 0) is 11.3 Å². The molecular weight excluding hydrogens is 325 g/mol. The molecule has 8 heteroatoms. The Morgan fingerprint density at radius 1 is 1.36 bits per heavy atom. The molecule has 1 N–H and O–H groups in total. The second kappa shape index (κ2) is 6.73. The molecule has 7 nitrogen and oxygen atoms in total. The van der Waals surface area contributed by atoms with Gasteiger partial charge in [0, 0.05) is 13.7 Å². The summed E-state index contributed by atoms with van der Waals surface area (Å²) in [5.74, 6) is 1.41. The Bertz CT molecular complexity index is 835. The number of nitrogens with zero attached hydrogens (tertiary/aromatic N) is 4. The maximum atomic E-state index is 13.9. The number of rotatable bonds is 5. The van der Waals surface area contributed by atoms with Crippen LogP contribution in [0.4, 0.5) is 4.39 Å². The minimum atomic E-state index is -0.328. The van der Waals surface area contributed by atoms with E-state index in [0.717, 1.165) is 18.8 Å². The van der Waals surface area contributed by atoms with Gasteiger partial charge in [-0.25, -0.2) is 14.4 Å². The minimum absolute atomic E-state index is 0.0521. The van der Waals surface area contributed by atoms with Crippen LogP contribution in [0.2, 0.25) is 0 Å². The van der Waals surface area contributed by atoms with Crippen LogP contribution in [0.5, 0.6) is 0 Å². The fourth-order valence-corrected chi connectivity index (χ4v) is 3.21. The van der Waals surface area contributed by atoms with Gasteiger partial charge in [-0.3, -0.25) is 10.00 Å². The van der Waals surface area contributed by atoms with Gasteiger partial charge in [-0.1, -0.05) is 12.1 Å². The highest BCUT2D eigenvalue weighted by atomic mass is 19.1. The van der Waals surface area contributed by atoms with E-state index in [1.54, 1.807) is 31.5 Å². The van der Waals surface area contributed by atoms with Gasteiger partial charge in [0.2, 0.25) is 5.89 Å². The van der Waals surface area contributed by atoms with E-state index in [0.29, 0.717) is 23.8 Å². The maximum Gasteiger partial charge on any atom is 0.209 e. The molecule has 4 rings (SSSR count). The highest BCUT2D eigenvalue weighted by Gasteiger charge is 2.35. The first kappa shape index (κ1) is 15.9. The van der Waals surface area contributed by atoms with Gasteiger partial charge < -0.3 is 9.15 Å². The summed E-state index contributed by atoms with van der Waals surface area (Å²) < 4.78 is 25.2. The van der Waals surface area contributed by atoms with Crippen molar-refractivity contribution in [3.8, 4) is 11.3 Å². The van der Waals surface area contributed by atoms with Crippen LogP contribution in [0.3, 0.4) is 0 Å². The van der Waals surface area contributed by atoms with Crippen molar-refractivity contribution in [1.29, 1.82) is 0 Å². The number of benzene rings is 1. The molecule has 0 bridgehead atoms. The molecule has 1 aliphatic heterocycles. The van der Waals surface area contributed by atoms with Gasteiger partial charge >= 0.3 is 0 Å². The minimum Gasteiger partial charge on any atom is -0.439 e. The normalized spacial score (nSPS) is 21.0. The van der Waals surface area contributed by atoms with Gasteiger partial charge in [-0.05, 0) is 18.6 Å². The second-order valence-corrected chi connectivity index (χ2v) is 6.01. The number of methoxy groups -OCH3 is 1. The van der Waals surface area contributed by atoms with Crippen LogP contribution in [0.25, 0.3) is 11.3 Å². The van der Waals surface area contributed by atoms with E-state index >= 15 is 0 Å². The van der Waals surface area contributed by atoms with Gasteiger partial charge in [0.1, 0.15) is 18.0 Å². The molecule has 0 spiro atoms. The zero-order chi connectivity index (χ0) is 17.2. The maximum absolute atomic E-state index is 13.9. The topological polar surface area (TPSA) is 80.1 Å². The van der Waals surface area contributed by atoms with Crippen LogP contribution >= 0.6 is 0 Å². The molecule has 0 radical (unpaired) electrons. The van der Waals surface area contributed by atoms with Gasteiger partial charge in [0.25, 0.3) is 0 Å². The van der Waals surface area contributed by atoms with Gasteiger partial charge in [0.15, 0.2) is 5.76 Å². The number of likely N-dealkylation sites (tertiary alicyclic amines) is 1. The Morgan fingerprint density at radius 3 is 3.00 bits per heavy atom. The molecule has 1 aliphatic rings. The van der Waals surface area contributed by atoms with E-state index in [1.165, 1.54) is 12.4 Å². The zero-order valence-electron chi connectivity index (χ0n) is 13.7. The molecule has 25 heavy (non-hydrogen) atoms. The third-order valence-electron chi connectivity index (χ3n) is 4.48. The van der Waals surface area contributed by atoms with Crippen molar-refractivity contribution in [3.63, 3.8) is 0 Å². The molecule has 2 atom stereocenters. The summed E-state index contributed by atoms with van der Waals surface area (Å²) in [7, 11) is 1.70. The molecule has 0 unspecified atom stereocenters. The van der Waals surface area contributed by atoms with Crippen LogP contribution in [0.1, 0.15) is 24.2 Å². The fourth-order valence-electron chi connectivity index (χ4n) is 3.21. The van der Waals surface area contributed by atoms with Crippen molar-refractivity contribution >= 4 is 0 Å². The Morgan fingerprint density at radius 2 is 2.24 bits per heavy atom. The van der Waals surface area contributed by atoms with Crippen molar-refractivity contribution in [2.75, 3.05) is 13.7 Å². The van der Waals surface area contributed by atoms with E-state index < -0.39 is 0 Å². The lowest BCUT2D eigenvalue weighted by molar-refractivity contribution is 0.106. The fraction of sp³-hybridized carbons (Fsp3) is 0.353. The number of H-pyrrole nitrogens is 1. The van der Waals surface area contributed by atoms with E-state index in [1.807, 2.05) is 0 Å². The third-order valence-corrected chi connectivity index (χ3v) is 4.48. The summed E-state index contributed by atoms with van der Waals surface area (Å²) in [6, 6.07) is 6.54. The molecule has 2 aromatic heterocycles. The molecule has 1 aromatic carbocycles. The van der Waals surface area contributed by atoms with E-state index in [4.69, 9.17) is 9.15 Å². The van der Waals surface area contributed by atoms with E-state index in [9.17, 15) is 4.39 Å². The lowest BCUT2D eigenvalue weighted by atomic mass is 10.2. The molecule has 1 fully saturated rings. The Balaban J connectivity index is 1.54. The molecule has 1 saturated heterocycles. The molecule has 3 aromatic rings. The van der Waals surface area contributed by atoms with E-state index in [-0.39, 0.29) is 18.0 Å². The first-order chi connectivity index (χ1) is 12.2. The predicted molar refractivity (Wildman–Crippen MR) is 86.8 cm³/mol. The van der Waals surface area contributed by atoms with Gasteiger partial charge in [-0.2, -0.15) is 5.10 Å². The first-order valence-electron chi connectivity index (χ1n) is 8.06. The average molecular weight is 343 g/mol. The molecule has 0 saturated carbocycles. The van der Waals surface area contributed by atoms with Gasteiger partial charge in [-0.15, -0.1) is 0 Å². The predicted octanol–water partition coefficient (Wildman–Crippen LogP) is 2.56. The number of halogens is 1. The van der Waals surface area contributed by atoms with Crippen molar-refractivity contribution in [1.82, 2.24) is 25.1 Å². The van der Waals surface area contributed by atoms with Crippen LogP contribution in [-0.4, -0.2) is 44.8 Å². The number of nitrogens with one attached hydrogen (secondary N) is 1. The van der Waals surface area contributed by atoms with Gasteiger partial charge in [0.05, 0.1) is 30.5 Å². The van der Waals surface area contributed by atoms with Crippen molar-refractivity contribution in [2.24, 2.45) is 0 Å². The van der Waals surface area contributed by atoms with Crippen LogP contribution in [0.15, 0.2) is 41.2 Å². The highest BCUT2D eigenvalue weighted by molar-refractivity contribution is 5.56. The molecule has 3 heterocycles. The van der Waals surface area contributed by atoms with Crippen molar-refractivity contribution < 1.29 is 13.5 Å². The SMILES string of the molecule is CO[C@@H]1C[C@@H](c2ncn[nH]2)N(Cc2ncc(-c3ccccc3F)o2)C1. The molecule has 0 aliphatic carbocycles. The summed E-state index contributed by atoms with van der Waals surface area (Å²) in [6.07, 6.45) is 3.97. The Hall–Kier alpha value is -2.58. The Kier molecular flexibility index (Phi) is 4.29. The lowest BCUT2D eigenvalue weighted by Gasteiger charge is -2.20. The number of oxazole rings is 1. The van der Waals surface area contributed by atoms with Crippen LogP contribution < -0.4 is 0 Å². The number of aromatic nitrogens is 4. The number of hydrogen-bond donors (Lipinski definition) is 1. The molecular formula is C17H18FN5O2. The molecule has 130 valence electrons. The third kappa shape index (κ3) is 3.18. The zero-order valence-corrected chi connectivity index (χ0v) is 13.7. The van der Waals surface area contributed by atoms with E-state index in [2.05, 4.69) is 25.1 Å². The summed E-state index contributed by atoms with van der Waals surface area (Å²) in [5.41, 5.74) is 0.407. The highest BCUT2D eigenvalue weighted by Crippen LogP contribution is 2.33. The average Bonchev–Trinajstić information content (AvgIpc) is 3.36. The number of hydrogen-bond acceptors (Lipinski definition) is 6.